The summed E-state index contributed by atoms with van der Waals surface area (Å²) >= 11 is 0. The molecular weight excluding hydrogens is 401 g/mol. The van der Waals surface area contributed by atoms with Gasteiger partial charge in [-0.2, -0.15) is 18.3 Å². The minimum absolute atomic E-state index is 0.00497. The SMILES string of the molecule is FC(F)(F)c1cc(-c2cccc(N3CCCCC3)c2)nc2[nH]nc(-c3ccccc3)c12. The van der Waals surface area contributed by atoms with Crippen molar-refractivity contribution >= 4 is 16.7 Å². The summed E-state index contributed by atoms with van der Waals surface area (Å²) in [5.74, 6) is 0. The highest BCUT2D eigenvalue weighted by molar-refractivity contribution is 5.95. The van der Waals surface area contributed by atoms with E-state index in [0.717, 1.165) is 37.7 Å². The molecule has 1 fully saturated rings. The predicted octanol–water partition coefficient (Wildman–Crippen LogP) is 6.30. The normalized spacial score (nSPS) is 14.9. The number of aromatic amines is 1. The molecule has 0 amide bonds. The van der Waals surface area contributed by atoms with Crippen LogP contribution in [0.25, 0.3) is 33.5 Å². The number of pyridine rings is 1. The zero-order valence-electron chi connectivity index (χ0n) is 16.8. The van der Waals surface area contributed by atoms with Crippen LogP contribution in [0.3, 0.4) is 0 Å². The lowest BCUT2D eigenvalue weighted by atomic mass is 10.0. The number of nitrogens with one attached hydrogen (secondary N) is 1. The zero-order valence-corrected chi connectivity index (χ0v) is 16.8. The summed E-state index contributed by atoms with van der Waals surface area (Å²) in [6.45, 7) is 1.93. The fraction of sp³-hybridized carbons (Fsp3) is 0.250. The summed E-state index contributed by atoms with van der Waals surface area (Å²) in [4.78, 5) is 6.79. The molecule has 0 radical (unpaired) electrons. The minimum atomic E-state index is -4.53. The molecule has 0 spiro atoms. The van der Waals surface area contributed by atoms with Crippen LogP contribution in [0.5, 0.6) is 0 Å². The number of halogens is 3. The number of hydrogen-bond donors (Lipinski definition) is 1. The molecule has 1 aliphatic rings. The lowest BCUT2D eigenvalue weighted by molar-refractivity contribution is -0.136. The van der Waals surface area contributed by atoms with Gasteiger partial charge in [0.05, 0.1) is 16.6 Å². The van der Waals surface area contributed by atoms with E-state index in [0.29, 0.717) is 11.1 Å². The average Bonchev–Trinajstić information content (AvgIpc) is 3.23. The summed E-state index contributed by atoms with van der Waals surface area (Å²) in [7, 11) is 0. The Morgan fingerprint density at radius 2 is 1.58 bits per heavy atom. The maximum atomic E-state index is 14.1. The van der Waals surface area contributed by atoms with Gasteiger partial charge in [0.1, 0.15) is 5.69 Å². The number of nitrogens with zero attached hydrogens (tertiary/aromatic N) is 3. The summed E-state index contributed by atoms with van der Waals surface area (Å²) < 4.78 is 42.2. The Morgan fingerprint density at radius 3 is 2.32 bits per heavy atom. The Bertz CT molecular complexity index is 1210. The molecule has 4 nitrogen and oxygen atoms in total. The predicted molar refractivity (Wildman–Crippen MR) is 116 cm³/mol. The summed E-state index contributed by atoms with van der Waals surface area (Å²) in [6.07, 6.45) is -1.06. The van der Waals surface area contributed by atoms with Crippen molar-refractivity contribution in [2.75, 3.05) is 18.0 Å². The molecule has 2 aromatic heterocycles. The Balaban J connectivity index is 1.65. The maximum absolute atomic E-state index is 14.1. The first-order valence-corrected chi connectivity index (χ1v) is 10.4. The molecular formula is C24H21F3N4. The third-order valence-corrected chi connectivity index (χ3v) is 5.75. The Hall–Kier alpha value is -3.35. The molecule has 31 heavy (non-hydrogen) atoms. The van der Waals surface area contributed by atoms with Crippen molar-refractivity contribution in [2.45, 2.75) is 25.4 Å². The molecule has 1 aliphatic heterocycles. The van der Waals surface area contributed by atoms with Gasteiger partial charge in [-0.3, -0.25) is 5.10 Å². The van der Waals surface area contributed by atoms with E-state index in [1.54, 1.807) is 30.3 Å². The highest BCUT2D eigenvalue weighted by atomic mass is 19.4. The van der Waals surface area contributed by atoms with Crippen molar-refractivity contribution in [2.24, 2.45) is 0 Å². The highest BCUT2D eigenvalue weighted by Crippen LogP contribution is 2.40. The van der Waals surface area contributed by atoms with Crippen molar-refractivity contribution in [1.82, 2.24) is 15.2 Å². The first kappa shape index (κ1) is 19.6. The zero-order chi connectivity index (χ0) is 21.4. The molecule has 2 aromatic carbocycles. The van der Waals surface area contributed by atoms with Crippen LogP contribution in [0.2, 0.25) is 0 Å². The topological polar surface area (TPSA) is 44.8 Å². The molecule has 0 aliphatic carbocycles. The number of anilines is 1. The van der Waals surface area contributed by atoms with Crippen molar-refractivity contribution in [3.63, 3.8) is 0 Å². The van der Waals surface area contributed by atoms with Gasteiger partial charge in [-0.15, -0.1) is 0 Å². The van der Waals surface area contributed by atoms with Crippen molar-refractivity contribution in [3.8, 4) is 22.5 Å². The second kappa shape index (κ2) is 7.72. The number of benzene rings is 2. The van der Waals surface area contributed by atoms with E-state index in [2.05, 4.69) is 20.1 Å². The molecule has 7 heteroatoms. The van der Waals surface area contributed by atoms with Crippen LogP contribution in [0.15, 0.2) is 60.7 Å². The van der Waals surface area contributed by atoms with E-state index in [9.17, 15) is 13.2 Å². The standard InChI is InChI=1S/C24H21F3N4/c25-24(26,27)19-15-20(17-10-7-11-18(14-17)31-12-5-2-6-13-31)28-23-21(19)22(29-30-23)16-8-3-1-4-9-16/h1,3-4,7-11,14-15H,2,5-6,12-13H2,(H,28,29,30). The molecule has 4 aromatic rings. The Morgan fingerprint density at radius 1 is 0.839 bits per heavy atom. The first-order valence-electron chi connectivity index (χ1n) is 10.4. The highest BCUT2D eigenvalue weighted by Gasteiger charge is 2.35. The van der Waals surface area contributed by atoms with Crippen molar-refractivity contribution < 1.29 is 13.2 Å². The number of fused-ring (bicyclic) bond motifs is 1. The van der Waals surface area contributed by atoms with Crippen LogP contribution in [0.4, 0.5) is 18.9 Å². The molecule has 0 saturated carbocycles. The molecule has 158 valence electrons. The van der Waals surface area contributed by atoms with Crippen LogP contribution in [0.1, 0.15) is 24.8 Å². The third kappa shape index (κ3) is 3.76. The number of H-pyrrole nitrogens is 1. The number of rotatable bonds is 3. The summed E-state index contributed by atoms with van der Waals surface area (Å²) in [6, 6.07) is 17.6. The Labute approximate surface area is 177 Å². The maximum Gasteiger partial charge on any atom is 0.417 e. The van der Waals surface area contributed by atoms with Crippen molar-refractivity contribution in [3.05, 3.63) is 66.2 Å². The molecule has 5 rings (SSSR count). The molecule has 0 atom stereocenters. The number of alkyl halides is 3. The Kier molecular flexibility index (Phi) is 4.88. The monoisotopic (exact) mass is 422 g/mol. The smallest absolute Gasteiger partial charge is 0.372 e. The van der Waals surface area contributed by atoms with E-state index >= 15 is 0 Å². The van der Waals surface area contributed by atoms with Crippen LogP contribution in [-0.2, 0) is 6.18 Å². The van der Waals surface area contributed by atoms with Gasteiger partial charge >= 0.3 is 6.18 Å². The first-order chi connectivity index (χ1) is 15.0. The fourth-order valence-electron chi connectivity index (χ4n) is 4.22. The van der Waals surface area contributed by atoms with Gasteiger partial charge in [0.25, 0.3) is 0 Å². The second-order valence-electron chi connectivity index (χ2n) is 7.81. The molecule has 0 unspecified atom stereocenters. The van der Waals surface area contributed by atoms with E-state index in [1.807, 2.05) is 24.3 Å². The van der Waals surface area contributed by atoms with Gasteiger partial charge in [-0.1, -0.05) is 42.5 Å². The second-order valence-corrected chi connectivity index (χ2v) is 7.81. The van der Waals surface area contributed by atoms with Gasteiger partial charge in [0.15, 0.2) is 5.65 Å². The lowest BCUT2D eigenvalue weighted by Crippen LogP contribution is -2.29. The van der Waals surface area contributed by atoms with Gasteiger partial charge in [-0.25, -0.2) is 4.98 Å². The molecule has 1 saturated heterocycles. The molecule has 0 bridgehead atoms. The fourth-order valence-corrected chi connectivity index (χ4v) is 4.22. The van der Waals surface area contributed by atoms with Gasteiger partial charge in [0.2, 0.25) is 0 Å². The van der Waals surface area contributed by atoms with E-state index in [1.165, 1.54) is 6.42 Å². The lowest BCUT2D eigenvalue weighted by Gasteiger charge is -2.29. The number of aromatic nitrogens is 3. The van der Waals surface area contributed by atoms with E-state index < -0.39 is 11.7 Å². The van der Waals surface area contributed by atoms with Crippen LogP contribution in [0, 0.1) is 0 Å². The average molecular weight is 422 g/mol. The summed E-state index contributed by atoms with van der Waals surface area (Å²) in [5, 5.41) is 6.88. The quantitative estimate of drug-likeness (QED) is 0.421. The van der Waals surface area contributed by atoms with E-state index in [4.69, 9.17) is 0 Å². The molecule has 1 N–H and O–H groups in total. The number of hydrogen-bond acceptors (Lipinski definition) is 3. The van der Waals surface area contributed by atoms with Gasteiger partial charge in [0, 0.05) is 29.9 Å². The summed E-state index contributed by atoms with van der Waals surface area (Å²) in [5.41, 5.74) is 2.22. The van der Waals surface area contributed by atoms with Gasteiger partial charge < -0.3 is 4.90 Å². The van der Waals surface area contributed by atoms with Crippen LogP contribution >= 0.6 is 0 Å². The van der Waals surface area contributed by atoms with Gasteiger partial charge in [-0.05, 0) is 37.5 Å². The number of piperidine rings is 1. The van der Waals surface area contributed by atoms with E-state index in [-0.39, 0.29) is 22.4 Å². The van der Waals surface area contributed by atoms with Crippen molar-refractivity contribution in [1.29, 1.82) is 0 Å². The van der Waals surface area contributed by atoms with Crippen LogP contribution in [-0.4, -0.2) is 28.3 Å². The minimum Gasteiger partial charge on any atom is -0.372 e. The largest absolute Gasteiger partial charge is 0.417 e. The molecule has 3 heterocycles. The van der Waals surface area contributed by atoms with Crippen LogP contribution < -0.4 is 4.90 Å². The third-order valence-electron chi connectivity index (χ3n) is 5.75.